The largest absolute Gasteiger partial charge is 0.507 e. The van der Waals surface area contributed by atoms with Crippen molar-refractivity contribution in [2.75, 3.05) is 5.73 Å². The van der Waals surface area contributed by atoms with Gasteiger partial charge in [0.1, 0.15) is 17.1 Å². The van der Waals surface area contributed by atoms with E-state index >= 15 is 0 Å². The molecule has 4 heterocycles. The second-order valence-electron chi connectivity index (χ2n) is 10.6. The van der Waals surface area contributed by atoms with Crippen molar-refractivity contribution in [2.45, 2.75) is 25.8 Å². The van der Waals surface area contributed by atoms with Crippen molar-refractivity contribution >= 4 is 29.2 Å². The number of aryl methyl sites for hydroxylation is 2. The molecular formula is C32H25FN8O3. The Morgan fingerprint density at radius 2 is 2.00 bits per heavy atom. The topological polar surface area (TPSA) is 154 Å². The number of rotatable bonds is 6. The third kappa shape index (κ3) is 4.53. The van der Waals surface area contributed by atoms with Crippen LogP contribution in [-0.4, -0.2) is 46.6 Å². The van der Waals surface area contributed by atoms with Crippen LogP contribution in [0.3, 0.4) is 0 Å². The predicted octanol–water partition coefficient (Wildman–Crippen LogP) is 4.63. The van der Waals surface area contributed by atoms with Crippen molar-refractivity contribution in [1.29, 1.82) is 0 Å². The van der Waals surface area contributed by atoms with Gasteiger partial charge in [0.25, 0.3) is 5.91 Å². The lowest BCUT2D eigenvalue weighted by Gasteiger charge is -2.16. The third-order valence-corrected chi connectivity index (χ3v) is 7.85. The number of halogens is 1. The average Bonchev–Trinajstić information content (AvgIpc) is 3.74. The van der Waals surface area contributed by atoms with Crippen molar-refractivity contribution in [3.63, 3.8) is 0 Å². The van der Waals surface area contributed by atoms with E-state index in [1.54, 1.807) is 18.3 Å². The van der Waals surface area contributed by atoms with Gasteiger partial charge >= 0.3 is 0 Å². The number of carbonyl (C=O) groups excluding carboxylic acids is 2. The minimum atomic E-state index is -0.614. The van der Waals surface area contributed by atoms with Gasteiger partial charge in [-0.15, -0.1) is 5.10 Å². The zero-order valence-corrected chi connectivity index (χ0v) is 23.4. The number of nitrogens with two attached hydrogens (primary N) is 1. The first-order valence-corrected chi connectivity index (χ1v) is 13.9. The molecule has 0 saturated heterocycles. The summed E-state index contributed by atoms with van der Waals surface area (Å²) in [5, 5.41) is 16.7. The van der Waals surface area contributed by atoms with Gasteiger partial charge < -0.3 is 16.2 Å². The Hall–Kier alpha value is -5.91. The minimum Gasteiger partial charge on any atom is -0.507 e. The molecule has 0 aliphatic heterocycles. The molecule has 0 spiro atoms. The Kier molecular flexibility index (Phi) is 6.38. The lowest BCUT2D eigenvalue weighted by Crippen LogP contribution is -2.27. The molecule has 0 saturated carbocycles. The number of aromatic nitrogens is 6. The first-order valence-electron chi connectivity index (χ1n) is 13.9. The van der Waals surface area contributed by atoms with E-state index in [-0.39, 0.29) is 28.8 Å². The molecule has 1 atom stereocenters. The number of fused-ring (bicyclic) bond motifs is 2. The molecule has 0 fully saturated rings. The number of benzene rings is 2. The van der Waals surface area contributed by atoms with Crippen molar-refractivity contribution < 1.29 is 19.1 Å². The van der Waals surface area contributed by atoms with Crippen LogP contribution in [0.15, 0.2) is 73.1 Å². The number of nitrogens with one attached hydrogen (secondary N) is 1. The number of hydrogen-bond acceptors (Lipinski definition) is 8. The predicted molar refractivity (Wildman–Crippen MR) is 160 cm³/mol. The van der Waals surface area contributed by atoms with Crippen LogP contribution in [0, 0.1) is 12.9 Å². The van der Waals surface area contributed by atoms with Gasteiger partial charge in [0, 0.05) is 29.7 Å². The molecule has 0 unspecified atom stereocenters. The van der Waals surface area contributed by atoms with Crippen LogP contribution in [0.25, 0.3) is 34.1 Å². The summed E-state index contributed by atoms with van der Waals surface area (Å²) in [5.74, 6) is 0.159. The number of nitrogens with zero attached hydrogens (tertiary/aromatic N) is 6. The number of aromatic hydroxyl groups is 1. The molecule has 1 amide bonds. The van der Waals surface area contributed by atoms with E-state index in [1.807, 2.05) is 35.8 Å². The number of nitrogen functional groups attached to an aromatic ring is 1. The summed E-state index contributed by atoms with van der Waals surface area (Å²) in [6.07, 6.45) is 5.03. The molecule has 6 aromatic rings. The molecule has 0 radical (unpaired) electrons. The van der Waals surface area contributed by atoms with Crippen molar-refractivity contribution in [3.05, 3.63) is 107 Å². The van der Waals surface area contributed by atoms with Crippen molar-refractivity contribution in [3.8, 4) is 28.6 Å². The summed E-state index contributed by atoms with van der Waals surface area (Å²) in [4.78, 5) is 38.3. The number of pyridine rings is 2. The van der Waals surface area contributed by atoms with E-state index in [9.17, 15) is 19.1 Å². The Morgan fingerprint density at radius 1 is 1.14 bits per heavy atom. The molecule has 7 rings (SSSR count). The molecular weight excluding hydrogens is 563 g/mol. The zero-order chi connectivity index (χ0) is 30.5. The molecule has 4 aromatic heterocycles. The van der Waals surface area contributed by atoms with E-state index in [0.29, 0.717) is 53.3 Å². The van der Waals surface area contributed by atoms with Gasteiger partial charge in [-0.1, -0.05) is 6.07 Å². The number of amides is 1. The van der Waals surface area contributed by atoms with Gasteiger partial charge in [-0.3, -0.25) is 14.2 Å². The molecule has 44 heavy (non-hydrogen) atoms. The Morgan fingerprint density at radius 3 is 2.77 bits per heavy atom. The summed E-state index contributed by atoms with van der Waals surface area (Å²) in [6, 6.07) is 16.6. The first-order chi connectivity index (χ1) is 21.3. The minimum absolute atomic E-state index is 0.0522. The zero-order valence-electron chi connectivity index (χ0n) is 23.4. The Bertz CT molecular complexity index is 2120. The monoisotopic (exact) mass is 588 g/mol. The van der Waals surface area contributed by atoms with Crippen molar-refractivity contribution in [2.24, 2.45) is 0 Å². The normalized spacial score (nSPS) is 14.1. The summed E-state index contributed by atoms with van der Waals surface area (Å²) in [7, 11) is 0. The van der Waals surface area contributed by atoms with Crippen LogP contribution in [-0.2, 0) is 6.42 Å². The standard InChI is InChI=1S/C32H25FN8O3/c1-17-13-27(40-12-10-26(33)39-40)37-31-28(17)38-30(23-3-2-11-35-29(23)34)41(31)21-6-7-22-18(15-21)4-8-24(22)36-32(44)19-5-9-25(43)20(14-19)16-42/h2-3,5-7,9-16,24,43H,4,8H2,1H3,(H2,34,35)(H,36,44)/t24-/m0/s1. The van der Waals surface area contributed by atoms with Gasteiger partial charge in [-0.05, 0) is 85.0 Å². The summed E-state index contributed by atoms with van der Waals surface area (Å²) in [6.45, 7) is 1.91. The first kappa shape index (κ1) is 27.0. The maximum atomic E-state index is 13.8. The number of aldehydes is 1. The van der Waals surface area contributed by atoms with Gasteiger partial charge in [0.15, 0.2) is 23.6 Å². The highest BCUT2D eigenvalue weighted by atomic mass is 19.1. The number of phenolic OH excluding ortho intramolecular Hbond substituents is 1. The molecule has 1 aliphatic carbocycles. The van der Waals surface area contributed by atoms with Crippen LogP contribution >= 0.6 is 0 Å². The summed E-state index contributed by atoms with van der Waals surface area (Å²) >= 11 is 0. The number of anilines is 1. The fraction of sp³-hybridized carbons (Fsp3) is 0.125. The van der Waals surface area contributed by atoms with Gasteiger partial charge in [0.05, 0.1) is 17.2 Å². The molecule has 11 nitrogen and oxygen atoms in total. The van der Waals surface area contributed by atoms with Crippen LogP contribution in [0.4, 0.5) is 10.2 Å². The molecule has 12 heteroatoms. The lowest BCUT2D eigenvalue weighted by atomic mass is 10.1. The second kappa shape index (κ2) is 10.4. The van der Waals surface area contributed by atoms with Crippen molar-refractivity contribution in [1.82, 2.24) is 34.6 Å². The van der Waals surface area contributed by atoms with Gasteiger partial charge in [-0.2, -0.15) is 4.39 Å². The molecule has 4 N–H and O–H groups in total. The van der Waals surface area contributed by atoms with Crippen LogP contribution in [0.1, 0.15) is 49.9 Å². The van der Waals surface area contributed by atoms with E-state index in [4.69, 9.17) is 15.7 Å². The average molecular weight is 589 g/mol. The fourth-order valence-electron chi connectivity index (χ4n) is 5.69. The van der Waals surface area contributed by atoms with Gasteiger partial charge in [-0.25, -0.2) is 19.6 Å². The number of phenols is 1. The van der Waals surface area contributed by atoms with Gasteiger partial charge in [0.2, 0.25) is 5.95 Å². The summed E-state index contributed by atoms with van der Waals surface area (Å²) in [5.41, 5.74) is 12.1. The van der Waals surface area contributed by atoms with Crippen LogP contribution < -0.4 is 11.1 Å². The smallest absolute Gasteiger partial charge is 0.251 e. The van der Waals surface area contributed by atoms with E-state index in [1.165, 1.54) is 35.1 Å². The highest BCUT2D eigenvalue weighted by Gasteiger charge is 2.27. The fourth-order valence-corrected chi connectivity index (χ4v) is 5.69. The summed E-state index contributed by atoms with van der Waals surface area (Å²) < 4.78 is 17.1. The third-order valence-electron chi connectivity index (χ3n) is 7.85. The molecule has 0 bridgehead atoms. The van der Waals surface area contributed by atoms with E-state index < -0.39 is 5.95 Å². The number of carbonyl (C=O) groups is 2. The second-order valence-corrected chi connectivity index (χ2v) is 10.6. The molecule has 1 aliphatic rings. The Labute approximate surface area is 249 Å². The maximum Gasteiger partial charge on any atom is 0.251 e. The lowest BCUT2D eigenvalue weighted by molar-refractivity contribution is 0.0936. The van der Waals surface area contributed by atoms with Crippen LogP contribution in [0.5, 0.6) is 5.75 Å². The van der Waals surface area contributed by atoms with E-state index in [2.05, 4.69) is 15.4 Å². The molecule has 218 valence electrons. The van der Waals surface area contributed by atoms with E-state index in [0.717, 1.165) is 22.4 Å². The van der Waals surface area contributed by atoms with Crippen LogP contribution in [0.2, 0.25) is 0 Å². The highest BCUT2D eigenvalue weighted by Crippen LogP contribution is 2.36. The molecule has 2 aromatic carbocycles. The SMILES string of the molecule is Cc1cc(-n2ccc(F)n2)nc2c1nc(-c1cccnc1N)n2-c1ccc2c(c1)CC[C@@H]2NC(=O)c1ccc(O)c(C=O)c1. The highest BCUT2D eigenvalue weighted by molar-refractivity contribution is 5.96. The maximum absolute atomic E-state index is 13.8. The quantitative estimate of drug-likeness (QED) is 0.238. The Balaban J connectivity index is 1.31. The number of hydrogen-bond donors (Lipinski definition) is 3. The number of imidazole rings is 1.